The van der Waals surface area contributed by atoms with Gasteiger partial charge in [0, 0.05) is 30.8 Å². The molecule has 4 aromatic rings. The van der Waals surface area contributed by atoms with E-state index in [9.17, 15) is 30.0 Å². The molecule has 0 bridgehead atoms. The number of aliphatic carboxylic acids is 1. The number of fused-ring (bicyclic) bond motifs is 2. The van der Waals surface area contributed by atoms with Crippen molar-refractivity contribution in [2.24, 2.45) is 11.8 Å². The van der Waals surface area contributed by atoms with Gasteiger partial charge in [-0.15, -0.1) is 0 Å². The number of carboxylic acids is 1. The second-order valence-corrected chi connectivity index (χ2v) is 14.9. The molecule has 2 aliphatic rings. The van der Waals surface area contributed by atoms with Gasteiger partial charge in [-0.25, -0.2) is 4.79 Å². The lowest BCUT2D eigenvalue weighted by atomic mass is 9.80. The molecule has 0 unspecified atom stereocenters. The van der Waals surface area contributed by atoms with Crippen LogP contribution >= 0.6 is 21.6 Å². The van der Waals surface area contributed by atoms with Crippen molar-refractivity contribution in [1.82, 2.24) is 10.3 Å². The molecule has 2 saturated heterocycles. The highest BCUT2D eigenvalue weighted by Crippen LogP contribution is 2.40. The average Bonchev–Trinajstić information content (AvgIpc) is 3.59. The van der Waals surface area contributed by atoms with Gasteiger partial charge in [-0.3, -0.25) is 4.79 Å². The van der Waals surface area contributed by atoms with Crippen LogP contribution in [-0.4, -0.2) is 86.4 Å². The van der Waals surface area contributed by atoms with E-state index in [4.69, 9.17) is 18.6 Å². The third-order valence-electron chi connectivity index (χ3n) is 9.04. The van der Waals surface area contributed by atoms with E-state index in [2.05, 4.69) is 30.2 Å². The van der Waals surface area contributed by atoms with E-state index in [0.29, 0.717) is 17.7 Å². The molecule has 0 amide bonds. The third-order valence-corrected chi connectivity index (χ3v) is 11.1. The molecule has 14 heteroatoms. The van der Waals surface area contributed by atoms with Gasteiger partial charge < -0.3 is 49.4 Å². The van der Waals surface area contributed by atoms with Crippen LogP contribution in [-0.2, 0) is 14.3 Å². The molecule has 256 valence electrons. The molecule has 6 N–H and O–H groups in total. The molecular weight excluding hydrogens is 661 g/mol. The average molecular weight is 699 g/mol. The Balaban J connectivity index is 1.30. The van der Waals surface area contributed by atoms with Gasteiger partial charge in [-0.2, -0.15) is 0 Å². The zero-order valence-corrected chi connectivity index (χ0v) is 27.9. The zero-order chi connectivity index (χ0) is 34.0. The first-order valence-electron chi connectivity index (χ1n) is 15.6. The first kappa shape index (κ1) is 34.4. The van der Waals surface area contributed by atoms with Crippen LogP contribution in [0.3, 0.4) is 0 Å². The molecule has 0 aliphatic carbocycles. The number of H-pyrrole nitrogens is 1. The van der Waals surface area contributed by atoms with Crippen LogP contribution in [0.1, 0.15) is 25.3 Å². The number of phenolic OH excluding ortho intramolecular Hbond substituents is 1. The summed E-state index contributed by atoms with van der Waals surface area (Å²) < 4.78 is 23.7. The number of hydrogen-bond acceptors (Lipinski definition) is 12. The smallest absolute Gasteiger partial charge is 0.335 e. The van der Waals surface area contributed by atoms with Gasteiger partial charge in [0.2, 0.25) is 6.29 Å². The van der Waals surface area contributed by atoms with Crippen LogP contribution in [0.15, 0.2) is 76.4 Å². The van der Waals surface area contributed by atoms with E-state index in [1.807, 2.05) is 12.4 Å². The number of aromatic hydroxyl groups is 1. The Kier molecular flexibility index (Phi) is 10.4. The minimum atomic E-state index is -2.04. The number of benzene rings is 2. The standard InChI is InChI=1S/C34H38N2O10S2/c1-18(2)24-13-36-16-34(42)31(44-17-48-47-15-26(24)20-9-10-35-12-20)29(39)30(32(40)41)46-33(34)45-22-7-8-23-27(11-22)43-14-25(28(23)38)19-3-5-21(37)6-4-19/h3-12,14,18,24,26,29-31,33,35-37,39,42H,13,15-17H2,1-2H3,(H,40,41)/t24-,26-,29+,30-,31-,33+,34+/m0/s1. The summed E-state index contributed by atoms with van der Waals surface area (Å²) in [6, 6.07) is 12.7. The lowest BCUT2D eigenvalue weighted by Crippen LogP contribution is -2.72. The van der Waals surface area contributed by atoms with Crippen molar-refractivity contribution in [3.05, 3.63) is 83.0 Å². The SMILES string of the molecule is CC(C)[C@@H]1CNC[C@]2(O)[C@H](Oc3ccc4c(=O)c(-c5ccc(O)cc5)coc4c3)O[C@H](C(=O)O)[C@@H](O)[C@@H]2OCSSC[C@H]1c1cc[nH]c1. The predicted molar refractivity (Wildman–Crippen MR) is 182 cm³/mol. The van der Waals surface area contributed by atoms with E-state index in [1.165, 1.54) is 53.0 Å². The largest absolute Gasteiger partial charge is 0.508 e. The van der Waals surface area contributed by atoms with Gasteiger partial charge in [0.1, 0.15) is 41.5 Å². The maximum atomic E-state index is 13.3. The number of aromatic nitrogens is 1. The van der Waals surface area contributed by atoms with Crippen molar-refractivity contribution < 1.29 is 43.8 Å². The van der Waals surface area contributed by atoms with Crippen molar-refractivity contribution in [3.63, 3.8) is 0 Å². The number of rotatable bonds is 6. The highest BCUT2D eigenvalue weighted by molar-refractivity contribution is 8.76. The lowest BCUT2D eigenvalue weighted by Gasteiger charge is -2.48. The molecular formula is C34H38N2O10S2. The number of hydrogen-bond donors (Lipinski definition) is 6. The van der Waals surface area contributed by atoms with E-state index >= 15 is 0 Å². The summed E-state index contributed by atoms with van der Waals surface area (Å²) in [5, 5.41) is 46.6. The van der Waals surface area contributed by atoms with Gasteiger partial charge in [0.15, 0.2) is 17.1 Å². The number of phenols is 1. The number of aliphatic hydroxyl groups is 2. The van der Waals surface area contributed by atoms with Crippen molar-refractivity contribution in [2.75, 3.05) is 24.8 Å². The second kappa shape index (κ2) is 14.5. The van der Waals surface area contributed by atoms with Crippen LogP contribution in [0.25, 0.3) is 22.1 Å². The van der Waals surface area contributed by atoms with Crippen molar-refractivity contribution >= 4 is 38.5 Å². The molecule has 0 spiro atoms. The number of carbonyl (C=O) groups is 1. The molecule has 7 atom stereocenters. The Labute approximate surface area is 284 Å². The van der Waals surface area contributed by atoms with E-state index in [-0.39, 0.29) is 58.1 Å². The number of ether oxygens (including phenoxy) is 3. The Morgan fingerprint density at radius 1 is 1.12 bits per heavy atom. The van der Waals surface area contributed by atoms with Crippen LogP contribution < -0.4 is 15.5 Å². The molecule has 12 nitrogen and oxygen atoms in total. The second-order valence-electron chi connectivity index (χ2n) is 12.4. The predicted octanol–water partition coefficient (Wildman–Crippen LogP) is 4.16. The summed E-state index contributed by atoms with van der Waals surface area (Å²) >= 11 is 0. The number of aliphatic hydroxyl groups excluding tert-OH is 1. The minimum Gasteiger partial charge on any atom is -0.508 e. The molecule has 2 aromatic carbocycles. The maximum Gasteiger partial charge on any atom is 0.335 e. The van der Waals surface area contributed by atoms with Crippen LogP contribution in [0.5, 0.6) is 11.5 Å². The highest BCUT2D eigenvalue weighted by atomic mass is 33.1. The van der Waals surface area contributed by atoms with E-state index in [0.717, 1.165) is 5.75 Å². The highest BCUT2D eigenvalue weighted by Gasteiger charge is 2.59. The fraction of sp³-hybridized carbons (Fsp3) is 0.412. The van der Waals surface area contributed by atoms with E-state index < -0.39 is 36.2 Å². The molecule has 48 heavy (non-hydrogen) atoms. The molecule has 0 radical (unpaired) electrons. The summed E-state index contributed by atoms with van der Waals surface area (Å²) in [5.41, 5.74) is -0.117. The molecule has 2 fully saturated rings. The van der Waals surface area contributed by atoms with E-state index in [1.54, 1.807) is 22.9 Å². The Morgan fingerprint density at radius 2 is 1.92 bits per heavy atom. The van der Waals surface area contributed by atoms with Crippen LogP contribution in [0.2, 0.25) is 0 Å². The fourth-order valence-corrected chi connectivity index (χ4v) is 8.45. The number of aromatic amines is 1. The Bertz CT molecular complexity index is 1770. The Hall–Kier alpha value is -3.50. The van der Waals surface area contributed by atoms with Gasteiger partial charge in [0.05, 0.1) is 10.9 Å². The van der Waals surface area contributed by atoms with Crippen molar-refractivity contribution in [2.45, 2.75) is 50.0 Å². The summed E-state index contributed by atoms with van der Waals surface area (Å²) in [7, 11) is 3.02. The summed E-state index contributed by atoms with van der Waals surface area (Å²) in [5.74, 6) is 0.270. The van der Waals surface area contributed by atoms with Crippen molar-refractivity contribution in [1.29, 1.82) is 0 Å². The van der Waals surface area contributed by atoms with Crippen LogP contribution in [0, 0.1) is 11.8 Å². The first-order chi connectivity index (χ1) is 23.1. The van der Waals surface area contributed by atoms with Crippen molar-refractivity contribution in [3.8, 4) is 22.6 Å². The molecule has 6 rings (SSSR count). The molecule has 0 saturated carbocycles. The minimum absolute atomic E-state index is 0.0600. The summed E-state index contributed by atoms with van der Waals surface area (Å²) in [6.45, 7) is 4.66. The van der Waals surface area contributed by atoms with Gasteiger partial charge in [-0.1, -0.05) is 47.6 Å². The van der Waals surface area contributed by atoms with Gasteiger partial charge in [0.25, 0.3) is 0 Å². The normalized spacial score (nSPS) is 28.7. The molecule has 4 heterocycles. The fourth-order valence-electron chi connectivity index (χ4n) is 6.40. The third kappa shape index (κ3) is 6.97. The summed E-state index contributed by atoms with van der Waals surface area (Å²) in [6.07, 6.45) is -1.23. The van der Waals surface area contributed by atoms with Gasteiger partial charge >= 0.3 is 5.97 Å². The topological polar surface area (TPSA) is 184 Å². The first-order valence-corrected chi connectivity index (χ1v) is 18.1. The molecule has 2 aliphatic heterocycles. The quantitative estimate of drug-likeness (QED) is 0.158. The Morgan fingerprint density at radius 3 is 2.62 bits per heavy atom. The van der Waals surface area contributed by atoms with Crippen LogP contribution in [0.4, 0.5) is 0 Å². The monoisotopic (exact) mass is 698 g/mol. The lowest BCUT2D eigenvalue weighted by molar-refractivity contribution is -0.316. The van der Waals surface area contributed by atoms with Gasteiger partial charge in [-0.05, 0) is 65.8 Å². The summed E-state index contributed by atoms with van der Waals surface area (Å²) in [4.78, 5) is 28.7. The number of nitrogens with one attached hydrogen (secondary N) is 2. The zero-order valence-electron chi connectivity index (χ0n) is 26.3. The number of carboxylic acid groups (broad SMARTS) is 1. The maximum absolute atomic E-state index is 13.3. The molecule has 2 aromatic heterocycles. The number of β-amino-alcohol motifs (C(OH)–C–C–N with tert-alkyl or cyclic N) is 1.